The Kier molecular flexibility index (Phi) is 4.10. The maximum absolute atomic E-state index is 9.61. The summed E-state index contributed by atoms with van der Waals surface area (Å²) in [6.45, 7) is 1.70. The monoisotopic (exact) mass is 316 g/mol. The van der Waals surface area contributed by atoms with Crippen LogP contribution in [0.4, 0.5) is 0 Å². The summed E-state index contributed by atoms with van der Waals surface area (Å²) >= 11 is 7.74. The minimum Gasteiger partial charge on any atom is -0.389 e. The van der Waals surface area contributed by atoms with Gasteiger partial charge in [0.05, 0.1) is 11.6 Å². The van der Waals surface area contributed by atoms with Crippen LogP contribution in [0.3, 0.4) is 0 Å². The minimum atomic E-state index is -0.573. The number of aromatic nitrogens is 2. The molecule has 5 heteroatoms. The van der Waals surface area contributed by atoms with Crippen LogP contribution in [0.15, 0.2) is 58.7 Å². The number of fused-ring (bicyclic) bond motifs is 1. The summed E-state index contributed by atoms with van der Waals surface area (Å²) in [6.07, 6.45) is 0.993. The van der Waals surface area contributed by atoms with E-state index in [2.05, 4.69) is 9.97 Å². The molecule has 3 nitrogen and oxygen atoms in total. The van der Waals surface area contributed by atoms with E-state index in [0.717, 1.165) is 26.4 Å². The summed E-state index contributed by atoms with van der Waals surface area (Å²) in [7, 11) is 0. The highest BCUT2D eigenvalue weighted by Gasteiger charge is 2.10. The second-order valence-corrected chi connectivity index (χ2v) is 6.13. The van der Waals surface area contributed by atoms with Crippen LogP contribution in [0.5, 0.6) is 0 Å². The Hall–Kier alpha value is -1.62. The van der Waals surface area contributed by atoms with Crippen molar-refractivity contribution in [2.24, 2.45) is 0 Å². The third kappa shape index (κ3) is 3.02. The first-order chi connectivity index (χ1) is 10.1. The lowest BCUT2D eigenvalue weighted by Gasteiger charge is -2.09. The van der Waals surface area contributed by atoms with Gasteiger partial charge in [-0.25, -0.2) is 9.97 Å². The standard InChI is InChI=1S/C16H13ClN2OS/c1-10(20)12-7-6-11(8-14(12)17)21-16-13-4-2-3-5-15(13)18-9-19-16/h2-10,20H,1H3. The van der Waals surface area contributed by atoms with Crippen molar-refractivity contribution >= 4 is 34.3 Å². The lowest BCUT2D eigenvalue weighted by atomic mass is 10.1. The molecule has 1 aromatic heterocycles. The van der Waals surface area contributed by atoms with E-state index in [0.29, 0.717) is 5.02 Å². The van der Waals surface area contributed by atoms with Crippen LogP contribution in [0.2, 0.25) is 5.02 Å². The first kappa shape index (κ1) is 14.3. The quantitative estimate of drug-likeness (QED) is 0.723. The van der Waals surface area contributed by atoms with Gasteiger partial charge in [-0.05, 0) is 30.7 Å². The van der Waals surface area contributed by atoms with E-state index >= 15 is 0 Å². The highest BCUT2D eigenvalue weighted by molar-refractivity contribution is 7.99. The molecule has 3 aromatic rings. The molecular formula is C16H13ClN2OS. The van der Waals surface area contributed by atoms with Gasteiger partial charge in [0.1, 0.15) is 11.4 Å². The SMILES string of the molecule is CC(O)c1ccc(Sc2ncnc3ccccc23)cc1Cl. The van der Waals surface area contributed by atoms with Crippen LogP contribution in [0, 0.1) is 0 Å². The van der Waals surface area contributed by atoms with E-state index in [-0.39, 0.29) is 0 Å². The lowest BCUT2D eigenvalue weighted by molar-refractivity contribution is 0.199. The van der Waals surface area contributed by atoms with Crippen molar-refractivity contribution in [2.45, 2.75) is 22.9 Å². The van der Waals surface area contributed by atoms with Gasteiger partial charge in [-0.1, -0.05) is 47.6 Å². The van der Waals surface area contributed by atoms with Gasteiger partial charge in [0.2, 0.25) is 0 Å². The van der Waals surface area contributed by atoms with Gasteiger partial charge in [0, 0.05) is 15.3 Å². The van der Waals surface area contributed by atoms with Crippen LogP contribution in [-0.2, 0) is 0 Å². The van der Waals surface area contributed by atoms with Crippen molar-refractivity contribution in [3.8, 4) is 0 Å². The highest BCUT2D eigenvalue weighted by Crippen LogP contribution is 2.34. The van der Waals surface area contributed by atoms with Gasteiger partial charge in [0.25, 0.3) is 0 Å². The van der Waals surface area contributed by atoms with Crippen molar-refractivity contribution in [2.75, 3.05) is 0 Å². The van der Waals surface area contributed by atoms with E-state index < -0.39 is 6.10 Å². The molecule has 0 saturated carbocycles. The maximum Gasteiger partial charge on any atom is 0.117 e. The molecule has 0 bridgehead atoms. The number of benzene rings is 2. The number of para-hydroxylation sites is 1. The molecule has 0 fully saturated rings. The molecule has 0 saturated heterocycles. The predicted molar refractivity (Wildman–Crippen MR) is 85.7 cm³/mol. The predicted octanol–water partition coefficient (Wildman–Crippen LogP) is 4.49. The molecule has 1 heterocycles. The average Bonchev–Trinajstić information content (AvgIpc) is 2.47. The third-order valence-electron chi connectivity index (χ3n) is 3.14. The van der Waals surface area contributed by atoms with Crippen LogP contribution in [-0.4, -0.2) is 15.1 Å². The lowest BCUT2D eigenvalue weighted by Crippen LogP contribution is -1.92. The number of rotatable bonds is 3. The molecule has 1 unspecified atom stereocenters. The van der Waals surface area contributed by atoms with Crippen molar-refractivity contribution in [1.29, 1.82) is 0 Å². The van der Waals surface area contributed by atoms with Gasteiger partial charge in [-0.2, -0.15) is 0 Å². The van der Waals surface area contributed by atoms with E-state index in [1.54, 1.807) is 13.3 Å². The van der Waals surface area contributed by atoms with Gasteiger partial charge in [-0.3, -0.25) is 0 Å². The molecule has 0 spiro atoms. The first-order valence-corrected chi connectivity index (χ1v) is 7.69. The second-order valence-electron chi connectivity index (χ2n) is 4.66. The summed E-state index contributed by atoms with van der Waals surface area (Å²) in [6, 6.07) is 13.5. The molecule has 106 valence electrons. The normalized spacial score (nSPS) is 12.5. The fraction of sp³-hybridized carbons (Fsp3) is 0.125. The molecule has 0 aliphatic rings. The summed E-state index contributed by atoms with van der Waals surface area (Å²) in [5.74, 6) is 0. The molecule has 0 aliphatic heterocycles. The second kappa shape index (κ2) is 6.02. The van der Waals surface area contributed by atoms with Gasteiger partial charge in [-0.15, -0.1) is 0 Å². The van der Waals surface area contributed by atoms with Crippen molar-refractivity contribution in [3.05, 3.63) is 59.4 Å². The smallest absolute Gasteiger partial charge is 0.117 e. The zero-order chi connectivity index (χ0) is 14.8. The number of nitrogens with zero attached hydrogens (tertiary/aromatic N) is 2. The number of hydrogen-bond acceptors (Lipinski definition) is 4. The Morgan fingerprint density at radius 2 is 1.95 bits per heavy atom. The molecule has 0 amide bonds. The van der Waals surface area contributed by atoms with Gasteiger partial charge in [0.15, 0.2) is 0 Å². The van der Waals surface area contributed by atoms with Crippen LogP contribution in [0.1, 0.15) is 18.6 Å². The Balaban J connectivity index is 1.97. The number of hydrogen-bond donors (Lipinski definition) is 1. The van der Waals surface area contributed by atoms with Gasteiger partial charge >= 0.3 is 0 Å². The van der Waals surface area contributed by atoms with Crippen molar-refractivity contribution < 1.29 is 5.11 Å². The van der Waals surface area contributed by atoms with Crippen molar-refractivity contribution in [3.63, 3.8) is 0 Å². The highest BCUT2D eigenvalue weighted by atomic mass is 35.5. The Morgan fingerprint density at radius 1 is 1.14 bits per heavy atom. The molecule has 3 rings (SSSR count). The zero-order valence-corrected chi connectivity index (χ0v) is 12.9. The fourth-order valence-electron chi connectivity index (χ4n) is 2.08. The fourth-order valence-corrected chi connectivity index (χ4v) is 3.40. The summed E-state index contributed by atoms with van der Waals surface area (Å²) in [5.41, 5.74) is 1.65. The van der Waals surface area contributed by atoms with E-state index in [1.165, 1.54) is 11.8 Å². The molecule has 1 atom stereocenters. The number of aliphatic hydroxyl groups excluding tert-OH is 1. The molecule has 0 radical (unpaired) electrons. The Morgan fingerprint density at radius 3 is 2.71 bits per heavy atom. The summed E-state index contributed by atoms with van der Waals surface area (Å²) < 4.78 is 0. The molecule has 1 N–H and O–H groups in total. The van der Waals surface area contributed by atoms with E-state index in [9.17, 15) is 5.11 Å². The van der Waals surface area contributed by atoms with Gasteiger partial charge < -0.3 is 5.11 Å². The molecular weight excluding hydrogens is 304 g/mol. The van der Waals surface area contributed by atoms with Crippen LogP contribution >= 0.6 is 23.4 Å². The van der Waals surface area contributed by atoms with Crippen molar-refractivity contribution in [1.82, 2.24) is 9.97 Å². The Labute approximate surface area is 132 Å². The zero-order valence-electron chi connectivity index (χ0n) is 11.3. The average molecular weight is 317 g/mol. The topological polar surface area (TPSA) is 46.0 Å². The summed E-state index contributed by atoms with van der Waals surface area (Å²) in [4.78, 5) is 9.58. The molecule has 21 heavy (non-hydrogen) atoms. The van der Waals surface area contributed by atoms with E-state index in [1.807, 2.05) is 42.5 Å². The Bertz CT molecular complexity index is 787. The minimum absolute atomic E-state index is 0.563. The summed E-state index contributed by atoms with van der Waals surface area (Å²) in [5, 5.41) is 12.1. The molecule has 0 aliphatic carbocycles. The van der Waals surface area contributed by atoms with E-state index in [4.69, 9.17) is 11.6 Å². The number of aliphatic hydroxyl groups is 1. The van der Waals surface area contributed by atoms with Crippen LogP contribution in [0.25, 0.3) is 10.9 Å². The maximum atomic E-state index is 9.61. The number of halogens is 1. The largest absolute Gasteiger partial charge is 0.389 e. The molecule has 2 aromatic carbocycles. The first-order valence-electron chi connectivity index (χ1n) is 6.50. The van der Waals surface area contributed by atoms with Crippen LogP contribution < -0.4 is 0 Å². The third-order valence-corrected chi connectivity index (χ3v) is 4.48.